The topological polar surface area (TPSA) is 87.5 Å². The Hall–Kier alpha value is -2.61. The van der Waals surface area contributed by atoms with Crippen LogP contribution < -0.4 is 9.47 Å². The van der Waals surface area contributed by atoms with Crippen molar-refractivity contribution in [1.29, 1.82) is 0 Å². The largest absolute Gasteiger partial charge is 0.496 e. The lowest BCUT2D eigenvalue weighted by Gasteiger charge is -2.16. The summed E-state index contributed by atoms with van der Waals surface area (Å²) in [5, 5.41) is 4.07. The number of hydrogen-bond acceptors (Lipinski definition) is 6. The zero-order valence-corrected chi connectivity index (χ0v) is 16.3. The van der Waals surface area contributed by atoms with E-state index in [1.54, 1.807) is 27.0 Å². The molecule has 1 aromatic carbocycles. The molecule has 0 N–H and O–H groups in total. The molecule has 26 heavy (non-hydrogen) atoms. The van der Waals surface area contributed by atoms with Crippen LogP contribution in [0.1, 0.15) is 27.0 Å². The summed E-state index contributed by atoms with van der Waals surface area (Å²) in [5.74, 6) is 0.166. The standard InChI is InChI=1S/C18H22N2O5S/c1-7-8-25-18-14(10-19-20(18)4)15(21)13-9-11(2)17(26(6,22)23)12(3)16(13)24-5/h7,9-10H,1,8H2,2-6H3. The Morgan fingerprint density at radius 3 is 2.54 bits per heavy atom. The van der Waals surface area contributed by atoms with Crippen molar-refractivity contribution < 1.29 is 22.7 Å². The van der Waals surface area contributed by atoms with Crippen LogP contribution in [0.2, 0.25) is 0 Å². The maximum absolute atomic E-state index is 13.1. The van der Waals surface area contributed by atoms with Crippen LogP contribution in [0.25, 0.3) is 0 Å². The maximum Gasteiger partial charge on any atom is 0.223 e. The predicted molar refractivity (Wildman–Crippen MR) is 97.9 cm³/mol. The van der Waals surface area contributed by atoms with Crippen molar-refractivity contribution in [3.8, 4) is 11.6 Å². The van der Waals surface area contributed by atoms with E-state index in [0.29, 0.717) is 17.0 Å². The Morgan fingerprint density at radius 2 is 2.00 bits per heavy atom. The molecule has 0 aliphatic heterocycles. The summed E-state index contributed by atoms with van der Waals surface area (Å²) in [6.45, 7) is 7.09. The monoisotopic (exact) mass is 378 g/mol. The van der Waals surface area contributed by atoms with Gasteiger partial charge in [0.15, 0.2) is 9.84 Å². The molecule has 0 unspecified atom stereocenters. The zero-order chi connectivity index (χ0) is 19.6. The van der Waals surface area contributed by atoms with Gasteiger partial charge in [0.05, 0.1) is 23.8 Å². The first-order valence-electron chi connectivity index (χ1n) is 7.82. The summed E-state index contributed by atoms with van der Waals surface area (Å²) >= 11 is 0. The van der Waals surface area contributed by atoms with E-state index in [4.69, 9.17) is 9.47 Å². The van der Waals surface area contributed by atoms with Crippen molar-refractivity contribution in [2.24, 2.45) is 7.05 Å². The number of nitrogens with zero attached hydrogens (tertiary/aromatic N) is 2. The van der Waals surface area contributed by atoms with Gasteiger partial charge >= 0.3 is 0 Å². The molecule has 0 saturated carbocycles. The van der Waals surface area contributed by atoms with Crippen LogP contribution in [0.3, 0.4) is 0 Å². The van der Waals surface area contributed by atoms with Gasteiger partial charge in [0.1, 0.15) is 17.9 Å². The first kappa shape index (κ1) is 19.7. The molecule has 0 spiro atoms. The van der Waals surface area contributed by atoms with Gasteiger partial charge in [-0.1, -0.05) is 12.7 Å². The number of ether oxygens (including phenoxy) is 2. The number of sulfone groups is 1. The smallest absolute Gasteiger partial charge is 0.223 e. The fourth-order valence-corrected chi connectivity index (χ4v) is 4.28. The summed E-state index contributed by atoms with van der Waals surface area (Å²) in [5.41, 5.74) is 1.40. The number of methoxy groups -OCH3 is 1. The molecular formula is C18H22N2O5S. The Labute approximate surface area is 153 Å². The van der Waals surface area contributed by atoms with E-state index in [-0.39, 0.29) is 34.2 Å². The van der Waals surface area contributed by atoms with E-state index < -0.39 is 9.84 Å². The number of hydrogen-bond donors (Lipinski definition) is 0. The van der Waals surface area contributed by atoms with Crippen LogP contribution in [-0.2, 0) is 16.9 Å². The van der Waals surface area contributed by atoms with Gasteiger partial charge in [0, 0.05) is 18.9 Å². The van der Waals surface area contributed by atoms with Crippen molar-refractivity contribution >= 4 is 15.6 Å². The zero-order valence-electron chi connectivity index (χ0n) is 15.5. The molecule has 2 aromatic rings. The van der Waals surface area contributed by atoms with E-state index in [9.17, 15) is 13.2 Å². The second-order valence-electron chi connectivity index (χ2n) is 5.92. The van der Waals surface area contributed by atoms with E-state index in [1.165, 1.54) is 24.1 Å². The predicted octanol–water partition coefficient (Wildman–Crippen LogP) is 2.24. The van der Waals surface area contributed by atoms with Gasteiger partial charge in [0.25, 0.3) is 0 Å². The number of aromatic nitrogens is 2. The second kappa shape index (κ2) is 7.33. The lowest BCUT2D eigenvalue weighted by molar-refractivity contribution is 0.103. The van der Waals surface area contributed by atoms with E-state index in [2.05, 4.69) is 11.7 Å². The summed E-state index contributed by atoms with van der Waals surface area (Å²) in [4.78, 5) is 13.3. The van der Waals surface area contributed by atoms with Crippen LogP contribution >= 0.6 is 0 Å². The third-order valence-electron chi connectivity index (χ3n) is 3.93. The van der Waals surface area contributed by atoms with Gasteiger partial charge in [-0.3, -0.25) is 4.79 Å². The Bertz CT molecular complexity index is 974. The Morgan fingerprint density at radius 1 is 1.35 bits per heavy atom. The lowest BCUT2D eigenvalue weighted by atomic mass is 9.99. The van der Waals surface area contributed by atoms with Crippen molar-refractivity contribution in [2.45, 2.75) is 18.7 Å². The molecule has 0 aliphatic carbocycles. The van der Waals surface area contributed by atoms with Gasteiger partial charge in [-0.15, -0.1) is 0 Å². The maximum atomic E-state index is 13.1. The van der Waals surface area contributed by atoms with Crippen LogP contribution in [0.4, 0.5) is 0 Å². The van der Waals surface area contributed by atoms with Crippen molar-refractivity contribution in [1.82, 2.24) is 9.78 Å². The molecule has 2 rings (SSSR count). The average Bonchev–Trinajstić information content (AvgIpc) is 2.91. The summed E-state index contributed by atoms with van der Waals surface area (Å²) in [7, 11) is -0.399. The van der Waals surface area contributed by atoms with Gasteiger partial charge in [-0.05, 0) is 25.5 Å². The third-order valence-corrected chi connectivity index (χ3v) is 5.30. The normalized spacial score (nSPS) is 11.3. The third kappa shape index (κ3) is 3.50. The molecular weight excluding hydrogens is 356 g/mol. The van der Waals surface area contributed by atoms with Gasteiger partial charge < -0.3 is 9.47 Å². The highest BCUT2D eigenvalue weighted by atomic mass is 32.2. The highest BCUT2D eigenvalue weighted by molar-refractivity contribution is 7.90. The molecule has 0 fully saturated rings. The molecule has 0 amide bonds. The molecule has 7 nitrogen and oxygen atoms in total. The number of ketones is 1. The van der Waals surface area contributed by atoms with Gasteiger partial charge in [-0.25, -0.2) is 13.1 Å². The molecule has 1 aromatic heterocycles. The second-order valence-corrected chi connectivity index (χ2v) is 7.87. The molecule has 8 heteroatoms. The highest BCUT2D eigenvalue weighted by Crippen LogP contribution is 2.34. The van der Waals surface area contributed by atoms with Crippen molar-refractivity contribution in [2.75, 3.05) is 20.0 Å². The van der Waals surface area contributed by atoms with Crippen LogP contribution in [0, 0.1) is 13.8 Å². The average molecular weight is 378 g/mol. The molecule has 0 aliphatic rings. The number of carbonyl (C=O) groups excluding carboxylic acids is 1. The molecule has 0 saturated heterocycles. The highest BCUT2D eigenvalue weighted by Gasteiger charge is 2.27. The fraction of sp³-hybridized carbons (Fsp3) is 0.333. The minimum Gasteiger partial charge on any atom is -0.496 e. The van der Waals surface area contributed by atoms with Crippen molar-refractivity contribution in [3.63, 3.8) is 0 Å². The number of rotatable bonds is 7. The van der Waals surface area contributed by atoms with Gasteiger partial charge in [-0.2, -0.15) is 5.10 Å². The molecule has 0 bridgehead atoms. The molecule has 1 heterocycles. The number of carbonyl (C=O) groups is 1. The number of aryl methyl sites for hydroxylation is 2. The number of benzene rings is 1. The SMILES string of the molecule is C=CCOc1c(C(=O)c2cc(C)c(S(C)(=O)=O)c(C)c2OC)cnn1C. The summed E-state index contributed by atoms with van der Waals surface area (Å²) < 4.78 is 36.5. The first-order valence-corrected chi connectivity index (χ1v) is 9.71. The first-order chi connectivity index (χ1) is 12.1. The summed E-state index contributed by atoms with van der Waals surface area (Å²) in [6, 6.07) is 1.52. The van der Waals surface area contributed by atoms with Crippen LogP contribution in [0.5, 0.6) is 11.6 Å². The van der Waals surface area contributed by atoms with E-state index >= 15 is 0 Å². The molecule has 0 atom stereocenters. The Balaban J connectivity index is 2.67. The molecule has 0 radical (unpaired) electrons. The fourth-order valence-electron chi connectivity index (χ4n) is 2.99. The van der Waals surface area contributed by atoms with Crippen molar-refractivity contribution in [3.05, 3.63) is 47.2 Å². The quantitative estimate of drug-likeness (QED) is 0.542. The van der Waals surface area contributed by atoms with Gasteiger partial charge in [0.2, 0.25) is 11.7 Å². The minimum atomic E-state index is -3.46. The Kier molecular flexibility index (Phi) is 5.56. The van der Waals surface area contributed by atoms with Crippen LogP contribution in [0.15, 0.2) is 29.8 Å². The summed E-state index contributed by atoms with van der Waals surface area (Å²) in [6.07, 6.45) is 4.11. The van der Waals surface area contributed by atoms with E-state index in [0.717, 1.165) is 6.26 Å². The van der Waals surface area contributed by atoms with Crippen LogP contribution in [-0.4, -0.2) is 44.0 Å². The minimum absolute atomic E-state index is 0.167. The lowest BCUT2D eigenvalue weighted by Crippen LogP contribution is -2.12. The molecule has 140 valence electrons. The van der Waals surface area contributed by atoms with E-state index in [1.807, 2.05) is 0 Å².